The molecule has 8 heteroatoms. The molecule has 3 aromatic rings. The number of carbonyl (C=O) groups excluding carboxylic acids is 3. The number of nitrogens with one attached hydrogen (secondary N) is 2. The number of allylic oxidation sites excluding steroid dienone is 1. The fourth-order valence-corrected chi connectivity index (χ4v) is 5.19. The van der Waals surface area contributed by atoms with E-state index in [9.17, 15) is 14.4 Å². The fraction of sp³-hybridized carbons (Fsp3) is 0.333. The fourth-order valence-electron chi connectivity index (χ4n) is 5.19. The van der Waals surface area contributed by atoms with Gasteiger partial charge in [0, 0.05) is 49.6 Å². The van der Waals surface area contributed by atoms with Crippen molar-refractivity contribution in [2.24, 2.45) is 4.99 Å². The second-order valence-electron chi connectivity index (χ2n) is 12.3. The lowest BCUT2D eigenvalue weighted by Crippen LogP contribution is -2.48. The van der Waals surface area contributed by atoms with E-state index in [1.807, 2.05) is 106 Å². The van der Waals surface area contributed by atoms with Crippen LogP contribution < -0.4 is 10.6 Å². The summed E-state index contributed by atoms with van der Waals surface area (Å²) in [6.45, 7) is 13.2. The molecule has 0 aromatic heterocycles. The molecule has 1 aliphatic heterocycles. The summed E-state index contributed by atoms with van der Waals surface area (Å²) >= 11 is 0. The van der Waals surface area contributed by atoms with Gasteiger partial charge < -0.3 is 15.5 Å². The van der Waals surface area contributed by atoms with Crippen molar-refractivity contribution in [1.29, 1.82) is 0 Å². The highest BCUT2D eigenvalue weighted by atomic mass is 16.2. The average molecular weight is 594 g/mol. The number of likely N-dealkylation sites (N-methyl/N-ethyl adjacent to an activating group) is 2. The largest absolute Gasteiger partial charge is 0.343 e. The SMILES string of the molecule is C/C=C(\N=C(Nc1ccc([C@@H]2C(=O)N(C)CCN2C)cc1)C(C)=O)c1cccc(NC(=O)c2ccc(C(C)(C)C)cc2)c1C. The van der Waals surface area contributed by atoms with E-state index < -0.39 is 0 Å². The Morgan fingerprint density at radius 3 is 2.18 bits per heavy atom. The second-order valence-corrected chi connectivity index (χ2v) is 12.3. The van der Waals surface area contributed by atoms with Crippen LogP contribution in [0.3, 0.4) is 0 Å². The van der Waals surface area contributed by atoms with E-state index in [4.69, 9.17) is 4.99 Å². The topological polar surface area (TPSA) is 94.1 Å². The van der Waals surface area contributed by atoms with E-state index in [0.717, 1.165) is 28.8 Å². The van der Waals surface area contributed by atoms with Gasteiger partial charge in [-0.3, -0.25) is 19.3 Å². The predicted octanol–water partition coefficient (Wildman–Crippen LogP) is 6.45. The van der Waals surface area contributed by atoms with E-state index in [1.54, 1.807) is 4.90 Å². The molecule has 1 saturated heterocycles. The van der Waals surface area contributed by atoms with Gasteiger partial charge in [-0.1, -0.05) is 63.2 Å². The van der Waals surface area contributed by atoms with E-state index in [0.29, 0.717) is 29.2 Å². The Morgan fingerprint density at radius 2 is 1.59 bits per heavy atom. The maximum Gasteiger partial charge on any atom is 0.255 e. The summed E-state index contributed by atoms with van der Waals surface area (Å²) < 4.78 is 0. The monoisotopic (exact) mass is 593 g/mol. The highest BCUT2D eigenvalue weighted by molar-refractivity contribution is 6.43. The number of anilines is 2. The molecular formula is C36H43N5O3. The quantitative estimate of drug-likeness (QED) is 0.243. The van der Waals surface area contributed by atoms with Gasteiger partial charge in [-0.15, -0.1) is 0 Å². The van der Waals surface area contributed by atoms with Crippen molar-refractivity contribution >= 4 is 40.5 Å². The number of benzene rings is 3. The molecule has 1 aliphatic rings. The lowest BCUT2D eigenvalue weighted by molar-refractivity contribution is -0.139. The van der Waals surface area contributed by atoms with Crippen LogP contribution in [0.25, 0.3) is 5.70 Å². The summed E-state index contributed by atoms with van der Waals surface area (Å²) in [7, 11) is 3.77. The minimum atomic E-state index is -0.336. The first-order valence-corrected chi connectivity index (χ1v) is 14.9. The van der Waals surface area contributed by atoms with Gasteiger partial charge in [0.05, 0.1) is 5.70 Å². The molecule has 1 fully saturated rings. The molecule has 0 saturated carbocycles. The Bertz CT molecular complexity index is 1600. The van der Waals surface area contributed by atoms with Crippen molar-refractivity contribution in [2.75, 3.05) is 37.8 Å². The van der Waals surface area contributed by atoms with Gasteiger partial charge in [-0.05, 0) is 73.3 Å². The first-order valence-electron chi connectivity index (χ1n) is 14.9. The first-order chi connectivity index (χ1) is 20.8. The van der Waals surface area contributed by atoms with E-state index in [1.165, 1.54) is 6.92 Å². The number of carbonyl (C=O) groups is 3. The van der Waals surface area contributed by atoms with Crippen molar-refractivity contribution in [2.45, 2.75) is 53.0 Å². The summed E-state index contributed by atoms with van der Waals surface area (Å²) in [5, 5.41) is 6.19. The van der Waals surface area contributed by atoms with Crippen LogP contribution in [0, 0.1) is 6.92 Å². The Morgan fingerprint density at radius 1 is 0.932 bits per heavy atom. The summed E-state index contributed by atoms with van der Waals surface area (Å²) in [5.74, 6) is -0.170. The molecule has 2 amide bonds. The summed E-state index contributed by atoms with van der Waals surface area (Å²) in [6, 6.07) is 20.5. The van der Waals surface area contributed by atoms with Crippen LogP contribution in [-0.2, 0) is 15.0 Å². The molecular weight excluding hydrogens is 550 g/mol. The zero-order valence-corrected chi connectivity index (χ0v) is 27.0. The van der Waals surface area contributed by atoms with Gasteiger partial charge in [-0.25, -0.2) is 4.99 Å². The summed E-state index contributed by atoms with van der Waals surface area (Å²) in [6.07, 6.45) is 1.84. The summed E-state index contributed by atoms with van der Waals surface area (Å²) in [4.78, 5) is 47.1. The molecule has 2 N–H and O–H groups in total. The van der Waals surface area contributed by atoms with E-state index in [-0.39, 0.29) is 34.9 Å². The number of piperazine rings is 1. The first kappa shape index (κ1) is 32.4. The lowest BCUT2D eigenvalue weighted by Gasteiger charge is -2.37. The number of amidine groups is 1. The van der Waals surface area contributed by atoms with E-state index in [2.05, 4.69) is 31.4 Å². The average Bonchev–Trinajstić information content (AvgIpc) is 2.99. The van der Waals surface area contributed by atoms with Crippen LogP contribution in [0.2, 0.25) is 0 Å². The minimum absolute atomic E-state index is 0.00403. The molecule has 0 bridgehead atoms. The maximum absolute atomic E-state index is 13.1. The minimum Gasteiger partial charge on any atom is -0.343 e. The van der Waals surface area contributed by atoms with Crippen molar-refractivity contribution in [1.82, 2.24) is 9.80 Å². The van der Waals surface area contributed by atoms with Gasteiger partial charge >= 0.3 is 0 Å². The molecule has 1 atom stereocenters. The number of Topliss-reactive ketones (excluding diaryl/α,β-unsaturated/α-hetero) is 1. The Kier molecular flexibility index (Phi) is 9.85. The van der Waals surface area contributed by atoms with Gasteiger partial charge in [0.2, 0.25) is 5.91 Å². The Hall–Kier alpha value is -4.56. The van der Waals surface area contributed by atoms with Crippen molar-refractivity contribution in [3.63, 3.8) is 0 Å². The normalized spacial score (nSPS) is 16.6. The highest BCUT2D eigenvalue weighted by Crippen LogP contribution is 2.29. The van der Waals surface area contributed by atoms with Crippen LogP contribution in [0.5, 0.6) is 0 Å². The highest BCUT2D eigenvalue weighted by Gasteiger charge is 2.31. The summed E-state index contributed by atoms with van der Waals surface area (Å²) in [5.41, 5.74) is 6.22. The third-order valence-electron chi connectivity index (χ3n) is 8.04. The van der Waals surface area contributed by atoms with Crippen molar-refractivity contribution in [3.05, 3.63) is 101 Å². The van der Waals surface area contributed by atoms with Crippen molar-refractivity contribution < 1.29 is 14.4 Å². The third-order valence-corrected chi connectivity index (χ3v) is 8.04. The predicted molar refractivity (Wildman–Crippen MR) is 179 cm³/mol. The zero-order valence-electron chi connectivity index (χ0n) is 27.0. The maximum atomic E-state index is 13.1. The Balaban J connectivity index is 1.54. The number of hydrogen-bond donors (Lipinski definition) is 2. The smallest absolute Gasteiger partial charge is 0.255 e. The van der Waals surface area contributed by atoms with Crippen LogP contribution >= 0.6 is 0 Å². The van der Waals surface area contributed by atoms with Gasteiger partial charge in [-0.2, -0.15) is 0 Å². The molecule has 0 spiro atoms. The molecule has 44 heavy (non-hydrogen) atoms. The Labute approximate surface area is 260 Å². The lowest BCUT2D eigenvalue weighted by atomic mass is 9.86. The standard InChI is InChI=1S/C36H43N5O3/c1-9-30(29-11-10-12-31(23(29)2)39-34(43)26-13-17-27(18-14-26)36(4,5)6)38-33(24(3)42)37-28-19-15-25(16-20-28)32-35(44)41(8)22-21-40(32)7/h9-20,32H,21-22H2,1-8H3,(H,37,38)(H,39,43)/b30-9-/t32-/m1/s1. The molecule has 0 unspecified atom stereocenters. The molecule has 230 valence electrons. The van der Waals surface area contributed by atoms with Gasteiger partial charge in [0.1, 0.15) is 6.04 Å². The second kappa shape index (κ2) is 13.4. The number of nitrogens with zero attached hydrogens (tertiary/aromatic N) is 3. The molecule has 1 heterocycles. The molecule has 4 rings (SSSR count). The molecule has 0 aliphatic carbocycles. The van der Waals surface area contributed by atoms with Gasteiger partial charge in [0.25, 0.3) is 5.91 Å². The number of aliphatic imine (C=N–C) groups is 1. The van der Waals surface area contributed by atoms with Crippen LogP contribution in [0.4, 0.5) is 11.4 Å². The van der Waals surface area contributed by atoms with Gasteiger partial charge in [0.15, 0.2) is 11.6 Å². The van der Waals surface area contributed by atoms with Crippen LogP contribution in [0.15, 0.2) is 77.8 Å². The van der Waals surface area contributed by atoms with Crippen LogP contribution in [-0.4, -0.2) is 60.4 Å². The van der Waals surface area contributed by atoms with Crippen LogP contribution in [0.1, 0.15) is 73.3 Å². The van der Waals surface area contributed by atoms with Crippen molar-refractivity contribution in [3.8, 4) is 0 Å². The molecule has 3 aromatic carbocycles. The number of hydrogen-bond acceptors (Lipinski definition) is 5. The molecule has 8 nitrogen and oxygen atoms in total. The third kappa shape index (κ3) is 7.32. The number of amides is 2. The number of rotatable bonds is 7. The molecule has 0 radical (unpaired) electrons. The number of ketones is 1. The van der Waals surface area contributed by atoms with E-state index >= 15 is 0 Å². The zero-order chi connectivity index (χ0) is 32.2.